The van der Waals surface area contributed by atoms with Crippen molar-refractivity contribution >= 4 is 0 Å². The van der Waals surface area contributed by atoms with Crippen molar-refractivity contribution in [2.45, 2.75) is 0 Å². The molecule has 0 unspecified atom stereocenters. The molecule has 2 nitrogen and oxygen atoms in total. The molecule has 7 heavy (non-hydrogen) atoms. The predicted octanol–water partition coefficient (Wildman–Crippen LogP) is -0.103. The molecule has 0 fully saturated rings. The van der Waals surface area contributed by atoms with Gasteiger partial charge in [0.25, 0.3) is 0 Å². The maximum absolute atomic E-state index is 7.10. The summed E-state index contributed by atoms with van der Waals surface area (Å²) < 4.78 is 0. The molecule has 0 amide bonds. The van der Waals surface area contributed by atoms with Crippen LogP contribution in [-0.2, 0) is 17.1 Å². The summed E-state index contributed by atoms with van der Waals surface area (Å²) in [6.45, 7) is 0. The first-order valence-corrected chi connectivity index (χ1v) is 1.02. The number of hydrogen-bond donors (Lipinski definition) is 2. The SMILES string of the molecule is C#CO.C#CO.[Cu]. The van der Waals surface area contributed by atoms with Crippen molar-refractivity contribution < 1.29 is 27.3 Å². The van der Waals surface area contributed by atoms with Gasteiger partial charge in [-0.3, -0.25) is 0 Å². The molecule has 43 valence electrons. The third kappa shape index (κ3) is 95.1. The predicted molar refractivity (Wildman–Crippen MR) is 21.5 cm³/mol. The summed E-state index contributed by atoms with van der Waals surface area (Å²) in [6.07, 6.45) is 10.8. The van der Waals surface area contributed by atoms with Gasteiger partial charge >= 0.3 is 0 Å². The summed E-state index contributed by atoms with van der Waals surface area (Å²) in [5.74, 6) is 0. The minimum Gasteiger partial charge on any atom is -0.462 e. The van der Waals surface area contributed by atoms with Crippen LogP contribution >= 0.6 is 0 Å². The molecule has 0 saturated heterocycles. The zero-order valence-corrected chi connectivity index (χ0v) is 4.29. The van der Waals surface area contributed by atoms with E-state index >= 15 is 0 Å². The second kappa shape index (κ2) is 61.3. The summed E-state index contributed by atoms with van der Waals surface area (Å²) in [6, 6.07) is 0. The van der Waals surface area contributed by atoms with Crippen molar-refractivity contribution in [3.63, 3.8) is 0 Å². The number of terminal acetylenes is 2. The maximum atomic E-state index is 7.10. The van der Waals surface area contributed by atoms with Gasteiger partial charge in [-0.25, -0.2) is 0 Å². The van der Waals surface area contributed by atoms with Gasteiger partial charge in [0.15, 0.2) is 0 Å². The number of hydrogen-bond acceptors (Lipinski definition) is 2. The summed E-state index contributed by atoms with van der Waals surface area (Å²) in [5.41, 5.74) is 0. The van der Waals surface area contributed by atoms with Gasteiger partial charge in [-0.05, 0) is 0 Å². The molecule has 3 heteroatoms. The first-order valence-electron chi connectivity index (χ1n) is 1.02. The summed E-state index contributed by atoms with van der Waals surface area (Å²) in [4.78, 5) is 0. The number of aliphatic hydroxyl groups is 2. The van der Waals surface area contributed by atoms with E-state index in [4.69, 9.17) is 10.2 Å². The molecule has 0 aliphatic heterocycles. The number of aliphatic hydroxyl groups excluding tert-OH is 2. The first kappa shape index (κ1) is 16.3. The minimum absolute atomic E-state index is 0. The van der Waals surface area contributed by atoms with E-state index in [9.17, 15) is 0 Å². The topological polar surface area (TPSA) is 40.5 Å². The van der Waals surface area contributed by atoms with E-state index < -0.39 is 0 Å². The van der Waals surface area contributed by atoms with Crippen LogP contribution < -0.4 is 0 Å². The van der Waals surface area contributed by atoms with Crippen molar-refractivity contribution in [1.29, 1.82) is 0 Å². The van der Waals surface area contributed by atoms with Gasteiger partial charge in [-0.2, -0.15) is 0 Å². The standard InChI is InChI=1S/2C2H2O.Cu/c2*1-2-3;/h2*1,3H;. The third-order valence-electron chi connectivity index (χ3n) is 0. The third-order valence-corrected chi connectivity index (χ3v) is 0. The van der Waals surface area contributed by atoms with Gasteiger partial charge in [-0.15, -0.1) is 0 Å². The van der Waals surface area contributed by atoms with Crippen molar-refractivity contribution in [1.82, 2.24) is 0 Å². The summed E-state index contributed by atoms with van der Waals surface area (Å²) >= 11 is 0. The summed E-state index contributed by atoms with van der Waals surface area (Å²) in [5, 5.41) is 14.2. The fraction of sp³-hybridized carbons (Fsp3) is 0. The van der Waals surface area contributed by atoms with Crippen LogP contribution in [0.4, 0.5) is 0 Å². The van der Waals surface area contributed by atoms with E-state index in [1.54, 1.807) is 0 Å². The Bertz CT molecular complexity index is 64.7. The van der Waals surface area contributed by atoms with Crippen LogP contribution in [0.2, 0.25) is 0 Å². The number of rotatable bonds is 0. The van der Waals surface area contributed by atoms with Gasteiger partial charge in [0.2, 0.25) is 0 Å². The van der Waals surface area contributed by atoms with Crippen molar-refractivity contribution in [2.24, 2.45) is 0 Å². The molecule has 0 saturated carbocycles. The molecule has 2 N–H and O–H groups in total. The largest absolute Gasteiger partial charge is 0.462 e. The van der Waals surface area contributed by atoms with E-state index in [1.807, 2.05) is 0 Å². The molecule has 0 bridgehead atoms. The average molecular weight is 148 g/mol. The molecule has 0 aliphatic rings. The molecule has 0 rings (SSSR count). The molecule has 0 aromatic heterocycles. The van der Waals surface area contributed by atoms with Gasteiger partial charge < -0.3 is 10.2 Å². The molecule has 0 aromatic rings. The molecular formula is C4H4CuO2. The van der Waals surface area contributed by atoms with E-state index in [0.717, 1.165) is 0 Å². The van der Waals surface area contributed by atoms with Crippen LogP contribution in [-0.4, -0.2) is 10.2 Å². The van der Waals surface area contributed by atoms with Crippen molar-refractivity contribution in [3.05, 3.63) is 0 Å². The molecular weight excluding hydrogens is 144 g/mol. The van der Waals surface area contributed by atoms with Gasteiger partial charge in [0.05, 0.1) is 0 Å². The fourth-order valence-electron chi connectivity index (χ4n) is 0. The molecule has 0 atom stereocenters. The van der Waals surface area contributed by atoms with Crippen molar-refractivity contribution in [2.75, 3.05) is 0 Å². The molecule has 0 aliphatic carbocycles. The van der Waals surface area contributed by atoms with Crippen molar-refractivity contribution in [3.8, 4) is 25.1 Å². The van der Waals surface area contributed by atoms with Crippen LogP contribution in [0.3, 0.4) is 0 Å². The van der Waals surface area contributed by atoms with Gasteiger partial charge in [0, 0.05) is 17.1 Å². The second-order valence-corrected chi connectivity index (χ2v) is 0.258. The zero-order chi connectivity index (χ0) is 5.41. The normalized spacial score (nSPS) is 2.00. The average Bonchev–Trinajstić information content (AvgIpc) is 1.39. The van der Waals surface area contributed by atoms with E-state index in [1.165, 1.54) is 12.2 Å². The monoisotopic (exact) mass is 147 g/mol. The van der Waals surface area contributed by atoms with Crippen LogP contribution in [0.25, 0.3) is 0 Å². The summed E-state index contributed by atoms with van der Waals surface area (Å²) in [7, 11) is 0. The van der Waals surface area contributed by atoms with E-state index in [2.05, 4.69) is 12.8 Å². The van der Waals surface area contributed by atoms with Gasteiger partial charge in [-0.1, -0.05) is 12.8 Å². The second-order valence-electron chi connectivity index (χ2n) is 0.258. The van der Waals surface area contributed by atoms with Crippen LogP contribution in [0.5, 0.6) is 0 Å². The molecule has 0 aromatic carbocycles. The van der Waals surface area contributed by atoms with Crippen LogP contribution in [0.15, 0.2) is 0 Å². The van der Waals surface area contributed by atoms with Crippen LogP contribution in [0.1, 0.15) is 0 Å². The molecule has 0 heterocycles. The Morgan fingerprint density at radius 2 is 1.00 bits per heavy atom. The Labute approximate surface area is 53.0 Å². The quantitative estimate of drug-likeness (QED) is 0.371. The zero-order valence-electron chi connectivity index (χ0n) is 3.35. The fourth-order valence-corrected chi connectivity index (χ4v) is 0. The maximum Gasteiger partial charge on any atom is 0.103 e. The molecule has 0 spiro atoms. The van der Waals surface area contributed by atoms with E-state index in [-0.39, 0.29) is 17.1 Å². The minimum atomic E-state index is 0. The smallest absolute Gasteiger partial charge is 0.103 e. The van der Waals surface area contributed by atoms with Crippen LogP contribution in [0, 0.1) is 25.1 Å². The van der Waals surface area contributed by atoms with E-state index in [0.29, 0.717) is 0 Å². The first-order chi connectivity index (χ1) is 2.83. The Morgan fingerprint density at radius 3 is 1.00 bits per heavy atom. The Morgan fingerprint density at radius 1 is 1.00 bits per heavy atom. The van der Waals surface area contributed by atoms with Gasteiger partial charge in [0.1, 0.15) is 12.2 Å². The Hall–Kier alpha value is -0.761. The molecule has 1 radical (unpaired) electrons. The Kier molecular flexibility index (Phi) is 143. The Balaban J connectivity index is -0.0000000400.